The number of fused-ring (bicyclic) bond motifs is 1. The molecular weight excluding hydrogens is 450 g/mol. The summed E-state index contributed by atoms with van der Waals surface area (Å²) in [5, 5.41) is 0. The first kappa shape index (κ1) is 23.9. The van der Waals surface area contributed by atoms with Gasteiger partial charge in [0.25, 0.3) is 11.8 Å². The maximum absolute atomic E-state index is 13.1. The zero-order valence-corrected chi connectivity index (χ0v) is 18.9. The van der Waals surface area contributed by atoms with E-state index in [9.17, 15) is 24.0 Å². The van der Waals surface area contributed by atoms with E-state index in [-0.39, 0.29) is 6.42 Å². The molecule has 2 aromatic carbocycles. The van der Waals surface area contributed by atoms with Crippen molar-refractivity contribution in [3.05, 3.63) is 83.9 Å². The van der Waals surface area contributed by atoms with E-state index in [4.69, 9.17) is 4.74 Å². The van der Waals surface area contributed by atoms with Gasteiger partial charge in [0.05, 0.1) is 11.8 Å². The number of rotatable bonds is 7. The third-order valence-electron chi connectivity index (χ3n) is 6.09. The maximum atomic E-state index is 13.1. The van der Waals surface area contributed by atoms with Gasteiger partial charge in [0.2, 0.25) is 11.8 Å². The van der Waals surface area contributed by atoms with Crippen LogP contribution in [0.1, 0.15) is 28.8 Å². The molecule has 0 bridgehead atoms. The van der Waals surface area contributed by atoms with Crippen LogP contribution < -0.4 is 10.9 Å². The second kappa shape index (κ2) is 10.8. The van der Waals surface area contributed by atoms with Gasteiger partial charge in [-0.05, 0) is 30.5 Å². The van der Waals surface area contributed by atoms with E-state index in [0.29, 0.717) is 18.4 Å². The maximum Gasteiger partial charge on any atom is 0.330 e. The van der Waals surface area contributed by atoms with E-state index >= 15 is 0 Å². The molecule has 2 aliphatic rings. The number of benzene rings is 2. The fraction of sp³-hybridized carbons (Fsp3) is 0.269. The summed E-state index contributed by atoms with van der Waals surface area (Å²) in [5.74, 6) is -3.95. The summed E-state index contributed by atoms with van der Waals surface area (Å²) in [7, 11) is 0. The second-order valence-electron chi connectivity index (χ2n) is 8.38. The first-order valence-electron chi connectivity index (χ1n) is 11.3. The Morgan fingerprint density at radius 3 is 2.03 bits per heavy atom. The minimum atomic E-state index is -1.20. The number of imide groups is 1. The number of nitrogens with one attached hydrogen (secondary N) is 2. The molecule has 180 valence electrons. The number of esters is 1. The Bertz CT molecular complexity index is 1120. The SMILES string of the molecule is O=C(COC(=O)[C@H](Cc1ccccc1)N1C(=O)[C@@H]2CC=CC[C@H]2C1=O)NNC(=O)c1ccccc1. The van der Waals surface area contributed by atoms with Gasteiger partial charge in [0.1, 0.15) is 6.04 Å². The lowest BCUT2D eigenvalue weighted by Gasteiger charge is -2.25. The highest BCUT2D eigenvalue weighted by atomic mass is 16.5. The summed E-state index contributed by atoms with van der Waals surface area (Å²) < 4.78 is 5.17. The largest absolute Gasteiger partial charge is 0.454 e. The fourth-order valence-corrected chi connectivity index (χ4v) is 4.31. The third-order valence-corrected chi connectivity index (χ3v) is 6.09. The van der Waals surface area contributed by atoms with Gasteiger partial charge in [0.15, 0.2) is 6.61 Å². The van der Waals surface area contributed by atoms with Crippen molar-refractivity contribution in [1.82, 2.24) is 15.8 Å². The number of allylic oxidation sites excluding steroid dienone is 2. The molecule has 35 heavy (non-hydrogen) atoms. The smallest absolute Gasteiger partial charge is 0.330 e. The van der Waals surface area contributed by atoms with Gasteiger partial charge in [0, 0.05) is 12.0 Å². The van der Waals surface area contributed by atoms with E-state index in [2.05, 4.69) is 10.9 Å². The molecule has 0 aromatic heterocycles. The normalized spacial score (nSPS) is 19.6. The molecule has 9 nitrogen and oxygen atoms in total. The van der Waals surface area contributed by atoms with Crippen molar-refractivity contribution >= 4 is 29.6 Å². The average molecular weight is 476 g/mol. The molecule has 2 N–H and O–H groups in total. The monoisotopic (exact) mass is 475 g/mol. The Kier molecular flexibility index (Phi) is 7.35. The van der Waals surface area contributed by atoms with Crippen molar-refractivity contribution in [2.45, 2.75) is 25.3 Å². The lowest BCUT2D eigenvalue weighted by Crippen LogP contribution is -2.49. The summed E-state index contributed by atoms with van der Waals surface area (Å²) in [6.45, 7) is -0.691. The molecule has 1 aliphatic carbocycles. The highest BCUT2D eigenvalue weighted by molar-refractivity contribution is 6.08. The molecule has 4 amide bonds. The molecule has 1 fully saturated rings. The van der Waals surface area contributed by atoms with Crippen LogP contribution in [0.25, 0.3) is 0 Å². The zero-order valence-electron chi connectivity index (χ0n) is 18.9. The minimum absolute atomic E-state index is 0.0659. The van der Waals surface area contributed by atoms with Crippen LogP contribution >= 0.6 is 0 Å². The van der Waals surface area contributed by atoms with Crippen LogP contribution in [0.15, 0.2) is 72.8 Å². The topological polar surface area (TPSA) is 122 Å². The van der Waals surface area contributed by atoms with Gasteiger partial charge in [-0.2, -0.15) is 0 Å². The van der Waals surface area contributed by atoms with Crippen LogP contribution in [0.2, 0.25) is 0 Å². The standard InChI is InChI=1S/C26H25N3O6/c30-22(27-28-23(31)18-11-5-2-6-12-18)16-35-26(34)21(15-17-9-3-1-4-10-17)29-24(32)19-13-7-8-14-20(19)25(29)33/h1-12,19-21H,13-16H2,(H,27,30)(H,28,31)/t19-,20-,21+/m1/s1. The van der Waals surface area contributed by atoms with E-state index in [1.165, 1.54) is 0 Å². The van der Waals surface area contributed by atoms with Crippen LogP contribution in [-0.2, 0) is 30.3 Å². The van der Waals surface area contributed by atoms with Crippen LogP contribution in [0, 0.1) is 11.8 Å². The first-order valence-corrected chi connectivity index (χ1v) is 11.3. The Labute approximate surface area is 202 Å². The molecule has 2 aromatic rings. The predicted octanol–water partition coefficient (Wildman–Crippen LogP) is 1.55. The third kappa shape index (κ3) is 5.46. The second-order valence-corrected chi connectivity index (χ2v) is 8.38. The van der Waals surface area contributed by atoms with Gasteiger partial charge in [-0.3, -0.25) is 34.9 Å². The Morgan fingerprint density at radius 2 is 1.43 bits per heavy atom. The Hall–Kier alpha value is -4.27. The number of amides is 4. The van der Waals surface area contributed by atoms with Crippen LogP contribution in [0.4, 0.5) is 0 Å². The van der Waals surface area contributed by atoms with Crippen LogP contribution in [-0.4, -0.2) is 47.1 Å². The van der Waals surface area contributed by atoms with Gasteiger partial charge in [-0.25, -0.2) is 4.79 Å². The predicted molar refractivity (Wildman–Crippen MR) is 124 cm³/mol. The molecule has 0 spiro atoms. The summed E-state index contributed by atoms with van der Waals surface area (Å²) in [6.07, 6.45) is 4.70. The van der Waals surface area contributed by atoms with E-state index < -0.39 is 54.1 Å². The zero-order chi connectivity index (χ0) is 24.8. The Morgan fingerprint density at radius 1 is 0.857 bits per heavy atom. The van der Waals surface area contributed by atoms with Crippen molar-refractivity contribution in [2.24, 2.45) is 11.8 Å². The van der Waals surface area contributed by atoms with Crippen LogP contribution in [0.5, 0.6) is 0 Å². The average Bonchev–Trinajstić information content (AvgIpc) is 3.15. The molecule has 3 atom stereocenters. The van der Waals surface area contributed by atoms with Crippen molar-refractivity contribution < 1.29 is 28.7 Å². The molecule has 0 radical (unpaired) electrons. The number of hydrogen-bond acceptors (Lipinski definition) is 6. The summed E-state index contributed by atoms with van der Waals surface area (Å²) in [5.41, 5.74) is 5.50. The van der Waals surface area contributed by atoms with Crippen molar-refractivity contribution in [3.63, 3.8) is 0 Å². The molecule has 1 saturated heterocycles. The highest BCUT2D eigenvalue weighted by Crippen LogP contribution is 2.36. The first-order chi connectivity index (χ1) is 17.0. The molecule has 9 heteroatoms. The molecule has 1 heterocycles. The number of carbonyl (C=O) groups is 5. The highest BCUT2D eigenvalue weighted by Gasteiger charge is 2.51. The molecule has 1 aliphatic heterocycles. The van der Waals surface area contributed by atoms with Gasteiger partial charge < -0.3 is 4.74 Å². The number of ether oxygens (including phenoxy) is 1. The minimum Gasteiger partial charge on any atom is -0.454 e. The van der Waals surface area contributed by atoms with E-state index in [0.717, 1.165) is 10.5 Å². The van der Waals surface area contributed by atoms with Crippen LogP contribution in [0.3, 0.4) is 0 Å². The quantitative estimate of drug-likeness (QED) is 0.271. The molecule has 4 rings (SSSR count). The van der Waals surface area contributed by atoms with E-state index in [1.54, 1.807) is 54.6 Å². The summed E-state index contributed by atoms with van der Waals surface area (Å²) in [6, 6.07) is 16.0. The van der Waals surface area contributed by atoms with Crippen molar-refractivity contribution in [2.75, 3.05) is 6.61 Å². The van der Waals surface area contributed by atoms with Gasteiger partial charge >= 0.3 is 5.97 Å². The number of likely N-dealkylation sites (tertiary alicyclic amines) is 1. The Balaban J connectivity index is 1.41. The lowest BCUT2D eigenvalue weighted by atomic mass is 9.85. The number of carbonyl (C=O) groups excluding carboxylic acids is 5. The summed E-state index contributed by atoms with van der Waals surface area (Å²) in [4.78, 5) is 64.4. The number of nitrogens with zero attached hydrogens (tertiary/aromatic N) is 1. The van der Waals surface area contributed by atoms with Crippen molar-refractivity contribution in [3.8, 4) is 0 Å². The molecular formula is C26H25N3O6. The summed E-state index contributed by atoms with van der Waals surface area (Å²) >= 11 is 0. The van der Waals surface area contributed by atoms with E-state index in [1.807, 2.05) is 18.2 Å². The molecule has 0 saturated carbocycles. The number of hydrazine groups is 1. The number of hydrogen-bond donors (Lipinski definition) is 2. The fourth-order valence-electron chi connectivity index (χ4n) is 4.31. The van der Waals surface area contributed by atoms with Crippen molar-refractivity contribution in [1.29, 1.82) is 0 Å². The lowest BCUT2D eigenvalue weighted by molar-refractivity contribution is -0.160. The van der Waals surface area contributed by atoms with Gasteiger partial charge in [-0.1, -0.05) is 60.7 Å². The molecule has 0 unspecified atom stereocenters. The van der Waals surface area contributed by atoms with Gasteiger partial charge in [-0.15, -0.1) is 0 Å².